The van der Waals surface area contributed by atoms with E-state index in [1.807, 2.05) is 0 Å². The van der Waals surface area contributed by atoms with E-state index in [2.05, 4.69) is 11.8 Å². The first-order chi connectivity index (χ1) is 8.04. The molecule has 0 unspecified atom stereocenters. The van der Waals surface area contributed by atoms with Crippen molar-refractivity contribution < 1.29 is 18.3 Å². The number of methoxy groups -OCH3 is 1. The Morgan fingerprint density at radius 3 is 2.76 bits per heavy atom. The first kappa shape index (κ1) is 13.5. The summed E-state index contributed by atoms with van der Waals surface area (Å²) in [7, 11) is 1.28. The van der Waals surface area contributed by atoms with Crippen LogP contribution in [0.2, 0.25) is 0 Å². The average Bonchev–Trinajstić information content (AvgIpc) is 2.23. The second-order valence-corrected chi connectivity index (χ2v) is 4.20. The van der Waals surface area contributed by atoms with E-state index in [9.17, 15) is 13.6 Å². The molecular formula is C12H10F2O2S. The van der Waals surface area contributed by atoms with E-state index in [0.717, 1.165) is 23.9 Å². The highest BCUT2D eigenvalue weighted by Crippen LogP contribution is 2.23. The largest absolute Gasteiger partial charge is 0.492 e. The number of hydrogen-bond acceptors (Lipinski definition) is 3. The molecule has 0 heterocycles. The van der Waals surface area contributed by atoms with E-state index in [4.69, 9.17) is 4.74 Å². The summed E-state index contributed by atoms with van der Waals surface area (Å²) in [6, 6.07) is 1.82. The van der Waals surface area contributed by atoms with Gasteiger partial charge in [-0.1, -0.05) is 23.6 Å². The van der Waals surface area contributed by atoms with Gasteiger partial charge in [0.25, 0.3) is 0 Å². The van der Waals surface area contributed by atoms with Crippen LogP contribution in [-0.4, -0.2) is 18.0 Å². The van der Waals surface area contributed by atoms with Crippen LogP contribution in [0.4, 0.5) is 8.78 Å². The molecule has 0 saturated heterocycles. The molecule has 0 spiro atoms. The van der Waals surface area contributed by atoms with Crippen LogP contribution in [0.25, 0.3) is 0 Å². The molecule has 0 aliphatic carbocycles. The van der Waals surface area contributed by atoms with Gasteiger partial charge in [0.1, 0.15) is 5.82 Å². The van der Waals surface area contributed by atoms with Crippen molar-refractivity contribution in [1.29, 1.82) is 0 Å². The molecule has 1 aromatic carbocycles. The van der Waals surface area contributed by atoms with Gasteiger partial charge in [-0.3, -0.25) is 4.79 Å². The summed E-state index contributed by atoms with van der Waals surface area (Å²) in [5.74, 6) is 3.89. The van der Waals surface area contributed by atoms with Crippen LogP contribution in [0.15, 0.2) is 12.1 Å². The lowest BCUT2D eigenvalue weighted by Crippen LogP contribution is -1.94. The van der Waals surface area contributed by atoms with Crippen molar-refractivity contribution >= 4 is 16.9 Å². The van der Waals surface area contributed by atoms with E-state index >= 15 is 0 Å². The Kier molecular flexibility index (Phi) is 4.98. The smallest absolute Gasteiger partial charge is 0.186 e. The molecule has 5 heteroatoms. The van der Waals surface area contributed by atoms with Crippen LogP contribution in [0.3, 0.4) is 0 Å². The molecule has 0 N–H and O–H groups in total. The second-order valence-electron chi connectivity index (χ2n) is 3.05. The van der Waals surface area contributed by atoms with Crippen molar-refractivity contribution in [2.24, 2.45) is 0 Å². The van der Waals surface area contributed by atoms with Crippen LogP contribution >= 0.6 is 11.8 Å². The summed E-state index contributed by atoms with van der Waals surface area (Å²) < 4.78 is 31.0. The molecule has 0 atom stereocenters. The number of rotatable bonds is 2. The first-order valence-electron chi connectivity index (χ1n) is 4.70. The lowest BCUT2D eigenvalue weighted by molar-refractivity contribution is -0.109. The highest BCUT2D eigenvalue weighted by molar-refractivity contribution is 8.13. The Labute approximate surface area is 102 Å². The Bertz CT molecular complexity index is 489. The minimum absolute atomic E-state index is 0.0586. The topological polar surface area (TPSA) is 26.3 Å². The van der Waals surface area contributed by atoms with Crippen molar-refractivity contribution in [1.82, 2.24) is 0 Å². The molecule has 0 aliphatic rings. The molecular weight excluding hydrogens is 246 g/mol. The van der Waals surface area contributed by atoms with E-state index in [-0.39, 0.29) is 22.2 Å². The summed E-state index contributed by atoms with van der Waals surface area (Å²) in [5, 5.41) is -0.0586. The number of carbonyl (C=O) groups is 1. The molecule has 0 aromatic heterocycles. The lowest BCUT2D eigenvalue weighted by Gasteiger charge is -2.04. The molecule has 0 amide bonds. The third kappa shape index (κ3) is 4.08. The van der Waals surface area contributed by atoms with Gasteiger partial charge in [0, 0.05) is 13.0 Å². The quantitative estimate of drug-likeness (QED) is 0.761. The Balaban J connectivity index is 2.93. The second kappa shape index (κ2) is 6.26. The number of benzene rings is 1. The normalized spacial score (nSPS) is 9.41. The molecule has 0 radical (unpaired) electrons. The Morgan fingerprint density at radius 1 is 1.47 bits per heavy atom. The molecule has 17 heavy (non-hydrogen) atoms. The fourth-order valence-corrected chi connectivity index (χ4v) is 1.48. The fourth-order valence-electron chi connectivity index (χ4n) is 1.13. The highest BCUT2D eigenvalue weighted by Gasteiger charge is 2.09. The summed E-state index contributed by atoms with van der Waals surface area (Å²) >= 11 is 1.03. The van der Waals surface area contributed by atoms with Crippen LogP contribution in [0, 0.1) is 23.5 Å². The maximum atomic E-state index is 13.3. The predicted octanol–water partition coefficient (Wildman–Crippen LogP) is 2.60. The number of carbonyl (C=O) groups excluding carboxylic acids is 1. The summed E-state index contributed by atoms with van der Waals surface area (Å²) in [5.41, 5.74) is 0.133. The zero-order valence-corrected chi connectivity index (χ0v) is 10.2. The monoisotopic (exact) mass is 256 g/mol. The van der Waals surface area contributed by atoms with Gasteiger partial charge >= 0.3 is 0 Å². The number of thioether (sulfide) groups is 1. The third-order valence-electron chi connectivity index (χ3n) is 1.78. The van der Waals surface area contributed by atoms with Gasteiger partial charge in [0.2, 0.25) is 0 Å². The maximum absolute atomic E-state index is 13.3. The van der Waals surface area contributed by atoms with Gasteiger partial charge in [-0.2, -0.15) is 0 Å². The predicted molar refractivity (Wildman–Crippen MR) is 62.9 cm³/mol. The SMILES string of the molecule is COc1c(F)cc(F)cc1C#CCSC(C)=O. The Hall–Kier alpha value is -1.54. The van der Waals surface area contributed by atoms with Crippen LogP contribution in [-0.2, 0) is 4.79 Å². The van der Waals surface area contributed by atoms with Crippen LogP contribution in [0.1, 0.15) is 12.5 Å². The zero-order chi connectivity index (χ0) is 12.8. The van der Waals surface area contributed by atoms with Crippen molar-refractivity contribution in [2.45, 2.75) is 6.92 Å². The van der Waals surface area contributed by atoms with Crippen LogP contribution < -0.4 is 4.74 Å². The number of halogens is 2. The van der Waals surface area contributed by atoms with Crippen molar-refractivity contribution in [3.8, 4) is 17.6 Å². The van der Waals surface area contributed by atoms with Crippen molar-refractivity contribution in [3.63, 3.8) is 0 Å². The first-order valence-corrected chi connectivity index (χ1v) is 5.68. The number of hydrogen-bond donors (Lipinski definition) is 0. The minimum Gasteiger partial charge on any atom is -0.492 e. The van der Waals surface area contributed by atoms with E-state index < -0.39 is 11.6 Å². The van der Waals surface area contributed by atoms with Gasteiger partial charge in [-0.15, -0.1) is 0 Å². The van der Waals surface area contributed by atoms with Gasteiger partial charge < -0.3 is 4.74 Å². The molecule has 1 aromatic rings. The number of ether oxygens (including phenoxy) is 1. The third-order valence-corrected chi connectivity index (χ3v) is 2.48. The van der Waals surface area contributed by atoms with Crippen LogP contribution in [0.5, 0.6) is 5.75 Å². The van der Waals surface area contributed by atoms with E-state index in [0.29, 0.717) is 0 Å². The van der Waals surface area contributed by atoms with E-state index in [1.54, 1.807) is 0 Å². The van der Waals surface area contributed by atoms with Gasteiger partial charge in [0.05, 0.1) is 18.4 Å². The zero-order valence-electron chi connectivity index (χ0n) is 9.34. The molecule has 1 rings (SSSR count). The molecule has 90 valence electrons. The molecule has 0 fully saturated rings. The summed E-state index contributed by atoms with van der Waals surface area (Å²) in [4.78, 5) is 10.6. The fraction of sp³-hybridized carbons (Fsp3) is 0.250. The van der Waals surface area contributed by atoms with Crippen molar-refractivity contribution in [3.05, 3.63) is 29.3 Å². The maximum Gasteiger partial charge on any atom is 0.186 e. The van der Waals surface area contributed by atoms with Gasteiger partial charge in [-0.05, 0) is 6.07 Å². The van der Waals surface area contributed by atoms with Crippen molar-refractivity contribution in [2.75, 3.05) is 12.9 Å². The minimum atomic E-state index is -0.795. The molecule has 0 bridgehead atoms. The molecule has 0 saturated carbocycles. The standard InChI is InChI=1S/C12H10F2O2S/c1-8(15)17-5-3-4-9-6-10(13)7-11(14)12(9)16-2/h6-7H,5H2,1-2H3. The summed E-state index contributed by atoms with van der Waals surface area (Å²) in [6.07, 6.45) is 0. The Morgan fingerprint density at radius 2 is 2.18 bits per heavy atom. The van der Waals surface area contributed by atoms with Gasteiger partial charge in [0.15, 0.2) is 16.7 Å². The highest BCUT2D eigenvalue weighted by atomic mass is 32.2. The van der Waals surface area contributed by atoms with E-state index in [1.165, 1.54) is 14.0 Å². The lowest BCUT2D eigenvalue weighted by atomic mass is 10.2. The van der Waals surface area contributed by atoms with Gasteiger partial charge in [-0.25, -0.2) is 8.78 Å². The molecule has 2 nitrogen and oxygen atoms in total. The summed E-state index contributed by atoms with van der Waals surface area (Å²) in [6.45, 7) is 1.43. The molecule has 0 aliphatic heterocycles. The average molecular weight is 256 g/mol.